The summed E-state index contributed by atoms with van der Waals surface area (Å²) >= 11 is 1.96. The Kier molecular flexibility index (Phi) is 7.73. The second-order valence-corrected chi connectivity index (χ2v) is 10.8. The normalized spacial score (nSPS) is 14.9. The molecule has 7 nitrogen and oxygen atoms in total. The lowest BCUT2D eigenvalue weighted by atomic mass is 10.1. The topological polar surface area (TPSA) is 93.5 Å². The maximum atomic E-state index is 12.7. The van der Waals surface area contributed by atoms with Crippen LogP contribution in [0.2, 0.25) is 0 Å². The molecule has 1 aliphatic heterocycles. The Morgan fingerprint density at radius 2 is 1.87 bits per heavy atom. The van der Waals surface area contributed by atoms with Gasteiger partial charge in [0, 0.05) is 43.9 Å². The van der Waals surface area contributed by atoms with Crippen LogP contribution in [-0.2, 0) is 21.4 Å². The van der Waals surface area contributed by atoms with E-state index in [0.717, 1.165) is 46.6 Å². The van der Waals surface area contributed by atoms with Gasteiger partial charge in [-0.1, -0.05) is 12.1 Å². The van der Waals surface area contributed by atoms with Crippen molar-refractivity contribution in [3.05, 3.63) is 59.2 Å². The molecule has 1 N–H and O–H groups in total. The Labute approximate surface area is 188 Å². The van der Waals surface area contributed by atoms with Crippen molar-refractivity contribution in [1.29, 1.82) is 5.26 Å². The van der Waals surface area contributed by atoms with Crippen LogP contribution in [0.15, 0.2) is 47.4 Å². The van der Waals surface area contributed by atoms with Gasteiger partial charge < -0.3 is 5.32 Å². The molecule has 0 aliphatic carbocycles. The number of likely N-dealkylation sites (N-methyl/N-ethyl adjacent to an activating group) is 1. The maximum Gasteiger partial charge on any atom is 0.243 e. The summed E-state index contributed by atoms with van der Waals surface area (Å²) in [6, 6.07) is 13.6. The first-order valence-corrected chi connectivity index (χ1v) is 12.5. The molecule has 2 aromatic rings. The highest BCUT2D eigenvalue weighted by Crippen LogP contribution is 2.20. The molecule has 0 radical (unpaired) electrons. The number of carbonyl (C=O) groups is 1. The molecular weight excluding hydrogens is 432 g/mol. The van der Waals surface area contributed by atoms with Crippen LogP contribution in [0.5, 0.6) is 0 Å². The molecule has 1 aliphatic rings. The van der Waals surface area contributed by atoms with Crippen molar-refractivity contribution in [3.63, 3.8) is 0 Å². The molecule has 164 valence electrons. The summed E-state index contributed by atoms with van der Waals surface area (Å²) in [5.74, 6) is 1.86. The van der Waals surface area contributed by atoms with Gasteiger partial charge in [-0.25, -0.2) is 8.42 Å². The van der Waals surface area contributed by atoms with E-state index in [1.165, 1.54) is 31.3 Å². The Hall–Kier alpha value is -2.38. The summed E-state index contributed by atoms with van der Waals surface area (Å²) < 4.78 is 26.4. The van der Waals surface area contributed by atoms with Crippen molar-refractivity contribution >= 4 is 33.4 Å². The van der Waals surface area contributed by atoms with Crippen LogP contribution in [0.1, 0.15) is 16.7 Å². The highest BCUT2D eigenvalue weighted by atomic mass is 32.2. The quantitative estimate of drug-likeness (QED) is 0.686. The molecule has 31 heavy (non-hydrogen) atoms. The van der Waals surface area contributed by atoms with Gasteiger partial charge in [0.15, 0.2) is 0 Å². The van der Waals surface area contributed by atoms with Crippen molar-refractivity contribution in [1.82, 2.24) is 9.21 Å². The lowest BCUT2D eigenvalue weighted by Gasteiger charge is -2.26. The van der Waals surface area contributed by atoms with Gasteiger partial charge in [0.25, 0.3) is 0 Å². The first kappa shape index (κ1) is 23.3. The molecule has 9 heteroatoms. The number of nitrogens with zero attached hydrogens (tertiary/aromatic N) is 3. The molecule has 0 spiro atoms. The number of amides is 1. The summed E-state index contributed by atoms with van der Waals surface area (Å²) in [6.45, 7) is 4.54. The van der Waals surface area contributed by atoms with Gasteiger partial charge in [-0.2, -0.15) is 21.3 Å². The van der Waals surface area contributed by atoms with E-state index < -0.39 is 15.9 Å². The van der Waals surface area contributed by atoms with E-state index in [2.05, 4.69) is 16.3 Å². The minimum atomic E-state index is -3.83. The Morgan fingerprint density at radius 3 is 2.52 bits per heavy atom. The van der Waals surface area contributed by atoms with Gasteiger partial charge in [0.1, 0.15) is 0 Å². The van der Waals surface area contributed by atoms with Gasteiger partial charge in [-0.3, -0.25) is 9.69 Å². The van der Waals surface area contributed by atoms with Crippen molar-refractivity contribution in [2.45, 2.75) is 18.4 Å². The summed E-state index contributed by atoms with van der Waals surface area (Å²) in [6.07, 6.45) is 0. The number of carbonyl (C=O) groups excluding carboxylic acids is 1. The van der Waals surface area contributed by atoms with Gasteiger partial charge in [-0.15, -0.1) is 0 Å². The average molecular weight is 459 g/mol. The van der Waals surface area contributed by atoms with E-state index in [0.29, 0.717) is 11.3 Å². The number of hydrogen-bond donors (Lipinski definition) is 1. The van der Waals surface area contributed by atoms with E-state index in [4.69, 9.17) is 5.26 Å². The molecule has 0 aromatic heterocycles. The SMILES string of the molecule is Cc1ccc(CN2CCSCC2)cc1NC(=O)CN(C)S(=O)(=O)c1ccc(C#N)cc1. The number of aryl methyl sites for hydroxylation is 1. The Balaban J connectivity index is 1.65. The van der Waals surface area contributed by atoms with E-state index in [-0.39, 0.29) is 11.4 Å². The number of hydrogen-bond acceptors (Lipinski definition) is 6. The molecule has 0 unspecified atom stereocenters. The number of nitriles is 1. The van der Waals surface area contributed by atoms with E-state index in [1.54, 1.807) is 0 Å². The molecule has 1 saturated heterocycles. The number of thioether (sulfide) groups is 1. The fourth-order valence-electron chi connectivity index (χ4n) is 3.28. The van der Waals surface area contributed by atoms with Crippen LogP contribution in [0.4, 0.5) is 5.69 Å². The van der Waals surface area contributed by atoms with E-state index in [9.17, 15) is 13.2 Å². The smallest absolute Gasteiger partial charge is 0.243 e. The minimum Gasteiger partial charge on any atom is -0.325 e. The molecule has 1 amide bonds. The lowest BCUT2D eigenvalue weighted by Crippen LogP contribution is -2.35. The minimum absolute atomic E-state index is 0.0414. The molecule has 2 aromatic carbocycles. The van der Waals surface area contributed by atoms with Crippen LogP contribution >= 0.6 is 11.8 Å². The lowest BCUT2D eigenvalue weighted by molar-refractivity contribution is -0.116. The zero-order valence-electron chi connectivity index (χ0n) is 17.7. The predicted octanol–water partition coefficient (Wildman–Crippen LogP) is 2.67. The average Bonchev–Trinajstić information content (AvgIpc) is 2.76. The molecule has 0 bridgehead atoms. The van der Waals surface area contributed by atoms with Gasteiger partial charge in [-0.05, 0) is 48.4 Å². The summed E-state index contributed by atoms with van der Waals surface area (Å²) in [5, 5.41) is 11.7. The van der Waals surface area contributed by atoms with Gasteiger partial charge in [0.05, 0.1) is 23.1 Å². The number of rotatable bonds is 7. The fourth-order valence-corrected chi connectivity index (χ4v) is 5.38. The van der Waals surface area contributed by atoms with Crippen molar-refractivity contribution in [3.8, 4) is 6.07 Å². The third-order valence-electron chi connectivity index (χ3n) is 5.14. The fraction of sp³-hybridized carbons (Fsp3) is 0.364. The van der Waals surface area contributed by atoms with Crippen LogP contribution in [0, 0.1) is 18.3 Å². The van der Waals surface area contributed by atoms with Crippen molar-refractivity contribution in [2.24, 2.45) is 0 Å². The van der Waals surface area contributed by atoms with E-state index >= 15 is 0 Å². The zero-order valence-corrected chi connectivity index (χ0v) is 19.3. The monoisotopic (exact) mass is 458 g/mol. The first-order valence-electron chi connectivity index (χ1n) is 9.95. The Bertz CT molecular complexity index is 1070. The molecule has 1 heterocycles. The van der Waals surface area contributed by atoms with Crippen molar-refractivity contribution in [2.75, 3.05) is 43.5 Å². The third-order valence-corrected chi connectivity index (χ3v) is 7.90. The van der Waals surface area contributed by atoms with Crippen molar-refractivity contribution < 1.29 is 13.2 Å². The number of anilines is 1. The number of benzene rings is 2. The standard InChI is InChI=1S/C22H26N4O3S2/c1-17-3-4-19(15-26-9-11-30-12-10-26)13-21(17)24-22(27)16-25(2)31(28,29)20-7-5-18(14-23)6-8-20/h3-8,13H,9-12,15-16H2,1-2H3,(H,24,27). The highest BCUT2D eigenvalue weighted by Gasteiger charge is 2.23. The van der Waals surface area contributed by atoms with E-state index in [1.807, 2.05) is 36.9 Å². The zero-order chi connectivity index (χ0) is 22.4. The first-order chi connectivity index (χ1) is 14.8. The summed E-state index contributed by atoms with van der Waals surface area (Å²) in [5.41, 5.74) is 3.10. The highest BCUT2D eigenvalue weighted by molar-refractivity contribution is 7.99. The van der Waals surface area contributed by atoms with Crippen LogP contribution in [-0.4, -0.2) is 61.7 Å². The second kappa shape index (κ2) is 10.3. The Morgan fingerprint density at radius 1 is 1.19 bits per heavy atom. The molecule has 0 atom stereocenters. The largest absolute Gasteiger partial charge is 0.325 e. The van der Waals surface area contributed by atoms with Crippen LogP contribution in [0.3, 0.4) is 0 Å². The van der Waals surface area contributed by atoms with Crippen LogP contribution in [0.25, 0.3) is 0 Å². The molecule has 0 saturated carbocycles. The second-order valence-electron chi connectivity index (χ2n) is 7.48. The summed E-state index contributed by atoms with van der Waals surface area (Å²) in [4.78, 5) is 15.0. The third kappa shape index (κ3) is 6.08. The number of sulfonamides is 1. The molecular formula is C22H26N4O3S2. The summed E-state index contributed by atoms with van der Waals surface area (Å²) in [7, 11) is -2.47. The van der Waals surface area contributed by atoms with Crippen LogP contribution < -0.4 is 5.32 Å². The van der Waals surface area contributed by atoms with Gasteiger partial charge >= 0.3 is 0 Å². The molecule has 3 rings (SSSR count). The predicted molar refractivity (Wildman–Crippen MR) is 123 cm³/mol. The van der Waals surface area contributed by atoms with Gasteiger partial charge in [0.2, 0.25) is 15.9 Å². The molecule has 1 fully saturated rings. The number of nitrogens with one attached hydrogen (secondary N) is 1. The maximum absolute atomic E-state index is 12.7.